The van der Waals surface area contributed by atoms with Crippen molar-refractivity contribution in [3.8, 4) is 0 Å². The number of hydrogen-bond donors (Lipinski definition) is 6. The number of aliphatic imine (C=N–C) groups is 1. The van der Waals surface area contributed by atoms with Gasteiger partial charge < -0.3 is 25.5 Å². The van der Waals surface area contributed by atoms with E-state index in [1.165, 1.54) is 0 Å². The number of nitrogens with zero attached hydrogens (tertiary/aromatic N) is 2. The van der Waals surface area contributed by atoms with Crippen molar-refractivity contribution in [1.82, 2.24) is 15.3 Å². The maximum Gasteiger partial charge on any atom is 0.327 e. The van der Waals surface area contributed by atoms with Crippen LogP contribution < -0.4 is 21.5 Å². The van der Waals surface area contributed by atoms with Gasteiger partial charge >= 0.3 is 5.69 Å². The number of H-pyrrole nitrogens is 2. The van der Waals surface area contributed by atoms with E-state index in [0.717, 1.165) is 39.2 Å². The number of nitrogens with one attached hydrogen (secondary N) is 3. The standard InChI is InChI=1S/C13H21N5O3.2CH4O/c1-14-7-9-8-18(5-3-2-4-6-19)11-10(15-9)12(20)17-13(21)16-11;2*1-2/h14,19H,2-8H2,1H3,(H2,16,17,20,21);2*2H,1H3. The molecule has 0 aliphatic carbocycles. The Balaban J connectivity index is 0.00000134. The second kappa shape index (κ2) is 13.3. The summed E-state index contributed by atoms with van der Waals surface area (Å²) < 4.78 is 0. The molecule has 25 heavy (non-hydrogen) atoms. The summed E-state index contributed by atoms with van der Waals surface area (Å²) in [7, 11) is 3.82. The highest BCUT2D eigenvalue weighted by Gasteiger charge is 2.22. The Bertz CT molecular complexity index is 625. The molecule has 2 heterocycles. The number of aliphatic hydroxyl groups is 3. The highest BCUT2D eigenvalue weighted by molar-refractivity contribution is 5.96. The third-order valence-electron chi connectivity index (χ3n) is 3.32. The van der Waals surface area contributed by atoms with E-state index in [2.05, 4.69) is 20.3 Å². The van der Waals surface area contributed by atoms with Crippen LogP contribution in [0, 0.1) is 0 Å². The van der Waals surface area contributed by atoms with Gasteiger partial charge in [0.15, 0.2) is 5.69 Å². The van der Waals surface area contributed by atoms with Crippen LogP contribution in [0.4, 0.5) is 11.5 Å². The van der Waals surface area contributed by atoms with Crippen LogP contribution in [0.1, 0.15) is 19.3 Å². The zero-order chi connectivity index (χ0) is 19.2. The first-order chi connectivity index (χ1) is 12.2. The molecule has 1 aliphatic heterocycles. The average Bonchev–Trinajstić information content (AvgIpc) is 2.63. The first kappa shape index (κ1) is 23.0. The van der Waals surface area contributed by atoms with Gasteiger partial charge in [0.25, 0.3) is 5.56 Å². The summed E-state index contributed by atoms with van der Waals surface area (Å²) >= 11 is 0. The lowest BCUT2D eigenvalue weighted by Crippen LogP contribution is -2.40. The molecule has 0 radical (unpaired) electrons. The highest BCUT2D eigenvalue weighted by atomic mass is 16.3. The molecule has 144 valence electrons. The Morgan fingerprint density at radius 2 is 1.80 bits per heavy atom. The molecule has 0 aromatic carbocycles. The van der Waals surface area contributed by atoms with Gasteiger partial charge in [0.2, 0.25) is 0 Å². The number of aromatic amines is 2. The van der Waals surface area contributed by atoms with Crippen LogP contribution in [-0.2, 0) is 0 Å². The predicted octanol–water partition coefficient (Wildman–Crippen LogP) is -1.45. The summed E-state index contributed by atoms with van der Waals surface area (Å²) in [5, 5.41) is 25.8. The number of unbranched alkanes of at least 4 members (excludes halogenated alkanes) is 2. The molecular formula is C15H29N5O5. The van der Waals surface area contributed by atoms with E-state index in [4.69, 9.17) is 15.3 Å². The minimum absolute atomic E-state index is 0.180. The highest BCUT2D eigenvalue weighted by Crippen LogP contribution is 2.25. The lowest BCUT2D eigenvalue weighted by atomic mass is 10.2. The maximum absolute atomic E-state index is 11.9. The monoisotopic (exact) mass is 359 g/mol. The molecule has 0 amide bonds. The van der Waals surface area contributed by atoms with Crippen molar-refractivity contribution in [1.29, 1.82) is 0 Å². The Labute approximate surface area is 146 Å². The predicted molar refractivity (Wildman–Crippen MR) is 98.1 cm³/mol. The molecule has 1 aromatic heterocycles. The molecule has 10 heteroatoms. The number of anilines is 1. The molecule has 1 aromatic rings. The van der Waals surface area contributed by atoms with E-state index in [-0.39, 0.29) is 12.3 Å². The number of aromatic nitrogens is 2. The summed E-state index contributed by atoms with van der Waals surface area (Å²) in [6.45, 7) is 2.05. The normalized spacial score (nSPS) is 12.2. The van der Waals surface area contributed by atoms with E-state index in [1.807, 2.05) is 11.9 Å². The number of hydrogen-bond acceptors (Lipinski definition) is 8. The molecule has 2 rings (SSSR count). The summed E-state index contributed by atoms with van der Waals surface area (Å²) in [5.41, 5.74) is 0.117. The first-order valence-electron chi connectivity index (χ1n) is 7.98. The van der Waals surface area contributed by atoms with Crippen LogP contribution in [0.3, 0.4) is 0 Å². The van der Waals surface area contributed by atoms with E-state index >= 15 is 0 Å². The van der Waals surface area contributed by atoms with Crippen molar-refractivity contribution in [3.05, 3.63) is 20.8 Å². The van der Waals surface area contributed by atoms with Gasteiger partial charge in [0.05, 0.1) is 12.3 Å². The quantitative estimate of drug-likeness (QED) is 0.326. The lowest BCUT2D eigenvalue weighted by Gasteiger charge is -2.29. The molecule has 6 N–H and O–H groups in total. The lowest BCUT2D eigenvalue weighted by molar-refractivity contribution is 0.283. The van der Waals surface area contributed by atoms with E-state index in [9.17, 15) is 9.59 Å². The number of rotatable bonds is 7. The van der Waals surface area contributed by atoms with Crippen molar-refractivity contribution in [2.45, 2.75) is 19.3 Å². The Kier molecular flexibility index (Phi) is 12.2. The van der Waals surface area contributed by atoms with Crippen LogP contribution in [0.15, 0.2) is 14.6 Å². The van der Waals surface area contributed by atoms with Crippen LogP contribution in [0.2, 0.25) is 0 Å². The van der Waals surface area contributed by atoms with Crippen molar-refractivity contribution >= 4 is 17.2 Å². The summed E-state index contributed by atoms with van der Waals surface area (Å²) in [6.07, 6.45) is 2.53. The summed E-state index contributed by atoms with van der Waals surface area (Å²) in [4.78, 5) is 34.5. The first-order valence-corrected chi connectivity index (χ1v) is 7.98. The van der Waals surface area contributed by atoms with Crippen molar-refractivity contribution in [2.24, 2.45) is 4.99 Å². The molecule has 0 saturated heterocycles. The summed E-state index contributed by atoms with van der Waals surface area (Å²) in [5.74, 6) is 0.479. The Morgan fingerprint density at radius 3 is 2.40 bits per heavy atom. The van der Waals surface area contributed by atoms with Crippen LogP contribution >= 0.6 is 0 Å². The molecule has 0 fully saturated rings. The molecule has 1 aliphatic rings. The fourth-order valence-electron chi connectivity index (χ4n) is 2.37. The van der Waals surface area contributed by atoms with Gasteiger partial charge in [-0.1, -0.05) is 0 Å². The van der Waals surface area contributed by atoms with E-state index in [1.54, 1.807) is 0 Å². The van der Waals surface area contributed by atoms with Crippen molar-refractivity contribution < 1.29 is 15.3 Å². The van der Waals surface area contributed by atoms with Gasteiger partial charge in [-0.15, -0.1) is 0 Å². The molecule has 0 spiro atoms. The molecule has 10 nitrogen and oxygen atoms in total. The zero-order valence-electron chi connectivity index (χ0n) is 15.0. The second-order valence-electron chi connectivity index (χ2n) is 5.02. The van der Waals surface area contributed by atoms with Crippen LogP contribution in [0.5, 0.6) is 0 Å². The SMILES string of the molecule is CNCC1=Nc2c([nH]c(=O)[nH]c2=O)N(CCCCCO)C1.CO.CO. The topological polar surface area (TPSA) is 154 Å². The minimum Gasteiger partial charge on any atom is -0.400 e. The van der Waals surface area contributed by atoms with Crippen molar-refractivity contribution in [3.63, 3.8) is 0 Å². The Morgan fingerprint density at radius 1 is 1.12 bits per heavy atom. The largest absolute Gasteiger partial charge is 0.400 e. The maximum atomic E-state index is 11.9. The number of aliphatic hydroxyl groups excluding tert-OH is 3. The van der Waals surface area contributed by atoms with Crippen molar-refractivity contribution in [2.75, 3.05) is 52.4 Å². The molecule has 0 saturated carbocycles. The van der Waals surface area contributed by atoms with Gasteiger partial charge in [-0.3, -0.25) is 14.8 Å². The molecule has 0 atom stereocenters. The smallest absolute Gasteiger partial charge is 0.327 e. The van der Waals surface area contributed by atoms with E-state index < -0.39 is 11.2 Å². The van der Waals surface area contributed by atoms with Gasteiger partial charge in [0, 0.05) is 33.9 Å². The third kappa shape index (κ3) is 7.18. The molecule has 0 unspecified atom stereocenters. The minimum atomic E-state index is -0.522. The number of fused-ring (bicyclic) bond motifs is 1. The van der Waals surface area contributed by atoms with Gasteiger partial charge in [-0.05, 0) is 26.3 Å². The van der Waals surface area contributed by atoms with Crippen LogP contribution in [-0.4, -0.2) is 78.5 Å². The molecule has 0 bridgehead atoms. The van der Waals surface area contributed by atoms with Gasteiger partial charge in [-0.25, -0.2) is 9.79 Å². The van der Waals surface area contributed by atoms with Gasteiger partial charge in [0.1, 0.15) is 5.82 Å². The Hall–Kier alpha value is -2.01. The van der Waals surface area contributed by atoms with Crippen LogP contribution in [0.25, 0.3) is 0 Å². The third-order valence-corrected chi connectivity index (χ3v) is 3.32. The molecular weight excluding hydrogens is 330 g/mol. The average molecular weight is 359 g/mol. The summed E-state index contributed by atoms with van der Waals surface area (Å²) in [6, 6.07) is 0. The second-order valence-corrected chi connectivity index (χ2v) is 5.02. The van der Waals surface area contributed by atoms with E-state index in [0.29, 0.717) is 25.5 Å². The zero-order valence-corrected chi connectivity index (χ0v) is 15.0. The fraction of sp³-hybridized carbons (Fsp3) is 0.667. The van der Waals surface area contributed by atoms with Gasteiger partial charge in [-0.2, -0.15) is 0 Å². The fourth-order valence-corrected chi connectivity index (χ4v) is 2.37.